The van der Waals surface area contributed by atoms with Crippen LogP contribution in [0.25, 0.3) is 10.3 Å². The molecular weight excluding hydrogens is 598 g/mol. The molecule has 3 heterocycles. The van der Waals surface area contributed by atoms with Gasteiger partial charge in [-0.15, -0.1) is 0 Å². The molecule has 5 rings (SSSR count). The monoisotopic (exact) mass is 631 g/mol. The minimum Gasteiger partial charge on any atom is -0.476 e. The summed E-state index contributed by atoms with van der Waals surface area (Å²) in [5, 5.41) is 9.43. The van der Waals surface area contributed by atoms with Crippen molar-refractivity contribution in [3.05, 3.63) is 42.0 Å². The van der Waals surface area contributed by atoms with Gasteiger partial charge in [0.05, 0.1) is 29.9 Å². The van der Waals surface area contributed by atoms with E-state index in [2.05, 4.69) is 25.8 Å². The van der Waals surface area contributed by atoms with Gasteiger partial charge in [-0.3, -0.25) is 10.1 Å². The van der Waals surface area contributed by atoms with Crippen LogP contribution in [0.3, 0.4) is 0 Å². The zero-order valence-electron chi connectivity index (χ0n) is 24.0. The number of oxime groups is 1. The molecule has 2 fully saturated rings. The van der Waals surface area contributed by atoms with Crippen LogP contribution in [0.1, 0.15) is 45.6 Å². The summed E-state index contributed by atoms with van der Waals surface area (Å²) in [5.74, 6) is -0.254. The number of nitrogens with one attached hydrogen (secondary N) is 2. The van der Waals surface area contributed by atoms with Crippen LogP contribution in [-0.4, -0.2) is 79.4 Å². The van der Waals surface area contributed by atoms with Crippen LogP contribution in [0.2, 0.25) is 0 Å². The molecule has 230 valence electrons. The summed E-state index contributed by atoms with van der Waals surface area (Å²) in [7, 11) is -3.38. The number of aromatic nitrogens is 2. The topological polar surface area (TPSA) is 167 Å². The van der Waals surface area contributed by atoms with Gasteiger partial charge < -0.3 is 24.4 Å². The van der Waals surface area contributed by atoms with E-state index in [0.717, 1.165) is 11.3 Å². The minimum absolute atomic E-state index is 0.0315. The zero-order valence-corrected chi connectivity index (χ0v) is 25.6. The van der Waals surface area contributed by atoms with E-state index in [0.29, 0.717) is 54.3 Å². The van der Waals surface area contributed by atoms with Crippen molar-refractivity contribution in [1.82, 2.24) is 15.3 Å². The predicted octanol–water partition coefficient (Wildman–Crippen LogP) is 3.68. The van der Waals surface area contributed by atoms with Crippen molar-refractivity contribution < 1.29 is 37.1 Å². The second-order valence-corrected chi connectivity index (χ2v) is 14.2. The molecule has 2 N–H and O–H groups in total. The van der Waals surface area contributed by atoms with Crippen LogP contribution in [0.5, 0.6) is 5.88 Å². The number of ether oxygens (including phenoxy) is 3. The number of carbonyl (C=O) groups is 2. The molecule has 1 saturated heterocycles. The third-order valence-electron chi connectivity index (χ3n) is 6.29. The van der Waals surface area contributed by atoms with Gasteiger partial charge in [-0.25, -0.2) is 23.2 Å². The highest BCUT2D eigenvalue weighted by molar-refractivity contribution is 7.92. The molecule has 2 aliphatic rings. The molecule has 2 aromatic heterocycles. The first-order valence-electron chi connectivity index (χ1n) is 13.8. The van der Waals surface area contributed by atoms with Crippen molar-refractivity contribution in [3.63, 3.8) is 0 Å². The Balaban J connectivity index is 1.25. The second-order valence-electron chi connectivity index (χ2n) is 11.0. The smallest absolute Gasteiger partial charge is 0.407 e. The number of alkyl carbamates (subject to hydrolysis) is 1. The lowest BCUT2D eigenvalue weighted by atomic mass is 10.1. The lowest BCUT2D eigenvalue weighted by molar-refractivity contribution is -0.110. The van der Waals surface area contributed by atoms with E-state index < -0.39 is 27.4 Å². The average Bonchev–Trinajstić information content (AvgIpc) is 3.55. The minimum atomic E-state index is -3.38. The molecule has 0 radical (unpaired) electrons. The maximum Gasteiger partial charge on any atom is 0.407 e. The van der Waals surface area contributed by atoms with Crippen molar-refractivity contribution in [2.24, 2.45) is 5.16 Å². The number of carbonyl (C=O) groups excluding carboxylic acids is 2. The number of benzene rings is 1. The number of amides is 2. The fraction of sp³-hybridized carbons (Fsp3) is 0.464. The van der Waals surface area contributed by atoms with Crippen molar-refractivity contribution in [1.29, 1.82) is 0 Å². The molecule has 15 heteroatoms. The standard InChI is InChI=1S/C28H33N5O8S2/c1-28(2,3)40-27(35)29-13-15-39-22-11-10-21-25(31-22)42-26(30-21)32-24(34)23(33-41-18-12-14-38-16-18)17-4-6-19(7-5-17)43(36,37)20-8-9-20/h4-7,10-11,18,20H,8-9,12-16H2,1-3H3,(H,29,35)(H,30,32,34)/b33-23+/t18-/m1/s1. The van der Waals surface area contributed by atoms with Crippen molar-refractivity contribution in [2.45, 2.75) is 61.9 Å². The molecule has 43 heavy (non-hydrogen) atoms. The Morgan fingerprint density at radius 2 is 1.86 bits per heavy atom. The van der Waals surface area contributed by atoms with E-state index in [1.54, 1.807) is 45.0 Å². The van der Waals surface area contributed by atoms with Gasteiger partial charge in [0.1, 0.15) is 22.6 Å². The highest BCUT2D eigenvalue weighted by atomic mass is 32.2. The normalized spacial score (nSPS) is 17.5. The Morgan fingerprint density at radius 3 is 2.53 bits per heavy atom. The van der Waals surface area contributed by atoms with Gasteiger partial charge in [-0.05, 0) is 51.8 Å². The summed E-state index contributed by atoms with van der Waals surface area (Å²) in [6.45, 7) is 6.65. The van der Waals surface area contributed by atoms with Crippen LogP contribution in [0.15, 0.2) is 46.4 Å². The van der Waals surface area contributed by atoms with Crippen LogP contribution >= 0.6 is 11.3 Å². The summed E-state index contributed by atoms with van der Waals surface area (Å²) >= 11 is 1.14. The van der Waals surface area contributed by atoms with E-state index in [1.807, 2.05) is 0 Å². The van der Waals surface area contributed by atoms with Gasteiger partial charge in [0, 0.05) is 18.1 Å². The number of hydrogen-bond donors (Lipinski definition) is 2. The first kappa shape index (κ1) is 30.6. The quantitative estimate of drug-likeness (QED) is 0.181. The summed E-state index contributed by atoms with van der Waals surface area (Å²) in [6, 6.07) is 9.41. The number of thiazole rings is 1. The van der Waals surface area contributed by atoms with E-state index in [4.69, 9.17) is 19.0 Å². The molecular formula is C28H33N5O8S2. The molecule has 2 amide bonds. The number of anilines is 1. The molecule has 0 bridgehead atoms. The highest BCUT2D eigenvalue weighted by Crippen LogP contribution is 2.33. The SMILES string of the molecule is CC(C)(C)OC(=O)NCCOc1ccc2nc(NC(=O)/C(=N/O[C@@H]3CCOC3)c3ccc(S(=O)(=O)C4CC4)cc3)sc2n1. The number of rotatable bonds is 11. The molecule has 13 nitrogen and oxygen atoms in total. The number of sulfone groups is 1. The lowest BCUT2D eigenvalue weighted by Crippen LogP contribution is -2.34. The molecule has 0 spiro atoms. The van der Waals surface area contributed by atoms with Crippen molar-refractivity contribution in [2.75, 3.05) is 31.7 Å². The fourth-order valence-corrected chi connectivity index (χ4v) is 6.52. The molecule has 1 aliphatic heterocycles. The van der Waals surface area contributed by atoms with Gasteiger partial charge in [0.25, 0.3) is 5.91 Å². The third-order valence-corrected chi connectivity index (χ3v) is 9.44. The first-order valence-corrected chi connectivity index (χ1v) is 16.2. The molecule has 1 atom stereocenters. The van der Waals surface area contributed by atoms with E-state index >= 15 is 0 Å². The van der Waals surface area contributed by atoms with Gasteiger partial charge in [-0.2, -0.15) is 0 Å². The average molecular weight is 632 g/mol. The van der Waals surface area contributed by atoms with Crippen LogP contribution in [-0.2, 0) is 28.9 Å². The number of fused-ring (bicyclic) bond motifs is 1. The number of nitrogens with zero attached hydrogens (tertiary/aromatic N) is 3. The Morgan fingerprint density at radius 1 is 1.09 bits per heavy atom. The summed E-state index contributed by atoms with van der Waals surface area (Å²) < 4.78 is 41.4. The predicted molar refractivity (Wildman–Crippen MR) is 159 cm³/mol. The Kier molecular flexibility index (Phi) is 9.13. The second kappa shape index (κ2) is 12.8. The Hall–Kier alpha value is -3.82. The fourth-order valence-electron chi connectivity index (χ4n) is 4.03. The maximum absolute atomic E-state index is 13.4. The van der Waals surface area contributed by atoms with Gasteiger partial charge in [0.2, 0.25) is 5.88 Å². The zero-order chi connectivity index (χ0) is 30.6. The molecule has 1 aromatic carbocycles. The summed E-state index contributed by atoms with van der Waals surface area (Å²) in [4.78, 5) is 40.3. The van der Waals surface area contributed by atoms with Crippen molar-refractivity contribution >= 4 is 54.4 Å². The van der Waals surface area contributed by atoms with Gasteiger partial charge in [-0.1, -0.05) is 28.6 Å². The van der Waals surface area contributed by atoms with Crippen LogP contribution < -0.4 is 15.4 Å². The molecule has 0 unspecified atom stereocenters. The molecule has 1 saturated carbocycles. The largest absolute Gasteiger partial charge is 0.476 e. The van der Waals surface area contributed by atoms with E-state index in [9.17, 15) is 18.0 Å². The first-order chi connectivity index (χ1) is 20.5. The molecule has 3 aromatic rings. The van der Waals surface area contributed by atoms with E-state index in [-0.39, 0.29) is 40.2 Å². The van der Waals surface area contributed by atoms with E-state index in [1.165, 1.54) is 12.1 Å². The van der Waals surface area contributed by atoms with Crippen LogP contribution in [0, 0.1) is 0 Å². The third kappa shape index (κ3) is 8.18. The van der Waals surface area contributed by atoms with Crippen molar-refractivity contribution in [3.8, 4) is 5.88 Å². The summed E-state index contributed by atoms with van der Waals surface area (Å²) in [6.07, 6.45) is 1.13. The van der Waals surface area contributed by atoms with Crippen LogP contribution in [0.4, 0.5) is 9.93 Å². The lowest BCUT2D eigenvalue weighted by Gasteiger charge is -2.19. The molecule has 1 aliphatic carbocycles. The summed E-state index contributed by atoms with van der Waals surface area (Å²) in [5.41, 5.74) is 0.314. The Bertz CT molecular complexity index is 1610. The number of hydrogen-bond acceptors (Lipinski definition) is 12. The maximum atomic E-state index is 13.4. The number of pyridine rings is 1. The van der Waals surface area contributed by atoms with Gasteiger partial charge in [0.15, 0.2) is 26.8 Å². The highest BCUT2D eigenvalue weighted by Gasteiger charge is 2.37. The van der Waals surface area contributed by atoms with Gasteiger partial charge >= 0.3 is 6.09 Å². The Labute approximate surface area is 252 Å².